The molecule has 0 radical (unpaired) electrons. The van der Waals surface area contributed by atoms with Gasteiger partial charge < -0.3 is 9.47 Å². The number of aromatic nitrogens is 2. The van der Waals surface area contributed by atoms with Crippen molar-refractivity contribution in [2.45, 2.75) is 26.4 Å². The van der Waals surface area contributed by atoms with Crippen LogP contribution in [0.3, 0.4) is 0 Å². The van der Waals surface area contributed by atoms with Gasteiger partial charge in [-0.15, -0.1) is 22.7 Å². The van der Waals surface area contributed by atoms with Gasteiger partial charge in [0.1, 0.15) is 16.4 Å². The van der Waals surface area contributed by atoms with Gasteiger partial charge >= 0.3 is 6.09 Å². The fraction of sp³-hybridized carbons (Fsp3) is 0.190. The van der Waals surface area contributed by atoms with Crippen molar-refractivity contribution in [2.24, 2.45) is 0 Å². The number of thiazole rings is 1. The van der Waals surface area contributed by atoms with Crippen molar-refractivity contribution >= 4 is 61.3 Å². The minimum absolute atomic E-state index is 0.493. The largest absolute Gasteiger partial charge is 0.455 e. The van der Waals surface area contributed by atoms with Crippen LogP contribution in [0.15, 0.2) is 53.6 Å². The van der Waals surface area contributed by atoms with E-state index in [1.807, 2.05) is 26.8 Å². The lowest BCUT2D eigenvalue weighted by molar-refractivity contribution is 0.0599. The maximum absolute atomic E-state index is 13.0. The highest BCUT2D eigenvalue weighted by molar-refractivity contribution is 7.23. The first-order valence-electron chi connectivity index (χ1n) is 9.02. The molecule has 0 N–H and O–H groups in total. The number of hydrogen-bond donors (Lipinski definition) is 0. The Morgan fingerprint density at radius 2 is 1.93 bits per heavy atom. The van der Waals surface area contributed by atoms with Crippen molar-refractivity contribution in [3.63, 3.8) is 0 Å². The van der Waals surface area contributed by atoms with Gasteiger partial charge in [-0.3, -0.25) is 4.98 Å². The monoisotopic (exact) mass is 459 g/mol. The number of carbonyl (C=O) groups excluding carboxylic acids is 1. The molecule has 1 aromatic carbocycles. The molecule has 0 unspecified atom stereocenters. The highest BCUT2D eigenvalue weighted by atomic mass is 35.5. The molecular formula is C21H18ClN3O3S2. The number of halogens is 1. The summed E-state index contributed by atoms with van der Waals surface area (Å²) >= 11 is 8.77. The van der Waals surface area contributed by atoms with E-state index < -0.39 is 11.7 Å². The van der Waals surface area contributed by atoms with Crippen LogP contribution in [0, 0.1) is 0 Å². The average molecular weight is 460 g/mol. The molecule has 4 aromatic rings. The first-order valence-corrected chi connectivity index (χ1v) is 11.2. The fourth-order valence-corrected chi connectivity index (χ4v) is 4.35. The van der Waals surface area contributed by atoms with Crippen molar-refractivity contribution in [1.29, 1.82) is 0 Å². The van der Waals surface area contributed by atoms with Crippen LogP contribution >= 0.6 is 34.3 Å². The molecule has 4 rings (SSSR count). The number of rotatable bonds is 4. The molecule has 0 aliphatic rings. The smallest absolute Gasteiger partial charge is 0.421 e. The van der Waals surface area contributed by atoms with E-state index in [2.05, 4.69) is 9.97 Å². The molecular weight excluding hydrogens is 442 g/mol. The summed E-state index contributed by atoms with van der Waals surface area (Å²) in [4.78, 5) is 23.0. The highest BCUT2D eigenvalue weighted by Crippen LogP contribution is 2.41. The van der Waals surface area contributed by atoms with Crippen LogP contribution in [0.5, 0.6) is 11.5 Å². The van der Waals surface area contributed by atoms with Gasteiger partial charge in [-0.2, -0.15) is 0 Å². The molecule has 154 valence electrons. The van der Waals surface area contributed by atoms with Gasteiger partial charge in [0, 0.05) is 22.0 Å². The van der Waals surface area contributed by atoms with Crippen LogP contribution in [0.4, 0.5) is 15.6 Å². The molecule has 0 spiro atoms. The average Bonchev–Trinajstić information content (AvgIpc) is 3.33. The molecule has 6 nitrogen and oxygen atoms in total. The first kappa shape index (κ1) is 20.6. The number of hydrogen-bond acceptors (Lipinski definition) is 7. The summed E-state index contributed by atoms with van der Waals surface area (Å²) in [6, 6.07) is 8.98. The van der Waals surface area contributed by atoms with Crippen LogP contribution in [-0.2, 0) is 4.74 Å². The number of amides is 1. The molecule has 3 aromatic heterocycles. The Bertz CT molecular complexity index is 1170. The van der Waals surface area contributed by atoms with Crippen molar-refractivity contribution in [1.82, 2.24) is 9.97 Å². The molecule has 3 heterocycles. The lowest BCUT2D eigenvalue weighted by atomic mass is 10.2. The molecule has 0 saturated heterocycles. The molecule has 0 aliphatic heterocycles. The number of benzene rings is 1. The molecule has 1 amide bonds. The Balaban J connectivity index is 1.73. The lowest BCUT2D eigenvalue weighted by Gasteiger charge is -2.25. The SMILES string of the molecule is CC(C)(C)OC(=O)N(c1cscn1)c1cc2c(Oc3ccc(Cl)cc3)cncc2s1. The van der Waals surface area contributed by atoms with Crippen molar-refractivity contribution in [2.75, 3.05) is 4.90 Å². The first-order chi connectivity index (χ1) is 14.3. The van der Waals surface area contributed by atoms with Crippen LogP contribution in [0.1, 0.15) is 20.8 Å². The van der Waals surface area contributed by atoms with E-state index in [1.165, 1.54) is 27.6 Å². The standard InChI is InChI=1S/C21H18ClN3O3S2/c1-21(2,3)28-20(26)25(18-11-29-12-24-18)19-8-15-16(9-23-10-17(15)30-19)27-14-6-4-13(22)5-7-14/h4-12H,1-3H3. The van der Waals surface area contributed by atoms with Crippen LogP contribution in [0.25, 0.3) is 10.1 Å². The minimum Gasteiger partial charge on any atom is -0.455 e. The Kier molecular flexibility index (Phi) is 5.64. The van der Waals surface area contributed by atoms with E-state index in [4.69, 9.17) is 21.1 Å². The highest BCUT2D eigenvalue weighted by Gasteiger charge is 2.28. The zero-order valence-corrected chi connectivity index (χ0v) is 18.8. The van der Waals surface area contributed by atoms with Crippen molar-refractivity contribution in [3.8, 4) is 11.5 Å². The second kappa shape index (κ2) is 8.22. The summed E-state index contributed by atoms with van der Waals surface area (Å²) in [7, 11) is 0. The molecule has 0 atom stereocenters. The molecule has 0 aliphatic carbocycles. The van der Waals surface area contributed by atoms with E-state index in [-0.39, 0.29) is 0 Å². The molecule has 0 saturated carbocycles. The van der Waals surface area contributed by atoms with E-state index in [1.54, 1.807) is 47.5 Å². The Labute approximate surface area is 186 Å². The lowest BCUT2D eigenvalue weighted by Crippen LogP contribution is -2.33. The molecule has 0 bridgehead atoms. The number of pyridine rings is 1. The summed E-state index contributed by atoms with van der Waals surface area (Å²) in [5, 5.41) is 3.94. The van der Waals surface area contributed by atoms with Gasteiger partial charge in [0.2, 0.25) is 0 Å². The van der Waals surface area contributed by atoms with Gasteiger partial charge in [-0.25, -0.2) is 14.7 Å². The molecule has 30 heavy (non-hydrogen) atoms. The van der Waals surface area contributed by atoms with Crippen molar-refractivity contribution < 1.29 is 14.3 Å². The van der Waals surface area contributed by atoms with Gasteiger partial charge in [0.15, 0.2) is 11.6 Å². The summed E-state index contributed by atoms with van der Waals surface area (Å²) in [6.07, 6.45) is 2.90. The summed E-state index contributed by atoms with van der Waals surface area (Å²) in [6.45, 7) is 5.49. The maximum Gasteiger partial charge on any atom is 0.421 e. The summed E-state index contributed by atoms with van der Waals surface area (Å²) < 4.78 is 12.5. The maximum atomic E-state index is 13.0. The number of fused-ring (bicyclic) bond motifs is 1. The van der Waals surface area contributed by atoms with Gasteiger partial charge in [0.25, 0.3) is 0 Å². The zero-order chi connectivity index (χ0) is 21.3. The minimum atomic E-state index is -0.632. The Morgan fingerprint density at radius 1 is 1.17 bits per heavy atom. The quantitative estimate of drug-likeness (QED) is 0.321. The summed E-state index contributed by atoms with van der Waals surface area (Å²) in [5.41, 5.74) is 1.04. The normalized spacial score (nSPS) is 11.5. The van der Waals surface area contributed by atoms with Gasteiger partial charge in [-0.1, -0.05) is 11.6 Å². The Hall–Kier alpha value is -2.68. The summed E-state index contributed by atoms with van der Waals surface area (Å²) in [5.74, 6) is 1.73. The molecule has 9 heteroatoms. The topological polar surface area (TPSA) is 64.5 Å². The van der Waals surface area contributed by atoms with E-state index in [0.29, 0.717) is 27.3 Å². The number of nitrogens with zero attached hydrogens (tertiary/aromatic N) is 3. The third-order valence-corrected chi connectivity index (χ3v) is 5.76. The predicted octanol–water partition coefficient (Wildman–Crippen LogP) is 7.27. The van der Waals surface area contributed by atoms with Crippen LogP contribution < -0.4 is 9.64 Å². The third kappa shape index (κ3) is 4.56. The van der Waals surface area contributed by atoms with Gasteiger partial charge in [-0.05, 0) is 51.1 Å². The number of ether oxygens (including phenoxy) is 2. The predicted molar refractivity (Wildman–Crippen MR) is 122 cm³/mol. The van der Waals surface area contributed by atoms with Crippen LogP contribution in [0.2, 0.25) is 5.02 Å². The Morgan fingerprint density at radius 3 is 2.60 bits per heavy atom. The number of thiophene rings is 1. The second-order valence-electron chi connectivity index (χ2n) is 7.35. The van der Waals surface area contributed by atoms with Crippen LogP contribution in [-0.4, -0.2) is 21.7 Å². The van der Waals surface area contributed by atoms with Gasteiger partial charge in [0.05, 0.1) is 16.4 Å². The van der Waals surface area contributed by atoms with Crippen molar-refractivity contribution in [3.05, 3.63) is 58.6 Å². The second-order valence-corrected chi connectivity index (χ2v) is 9.57. The number of anilines is 2. The third-order valence-electron chi connectivity index (χ3n) is 3.88. The van der Waals surface area contributed by atoms with E-state index in [0.717, 1.165) is 10.1 Å². The van der Waals surface area contributed by atoms with E-state index in [9.17, 15) is 4.79 Å². The number of carbonyl (C=O) groups is 1. The zero-order valence-electron chi connectivity index (χ0n) is 16.5. The van der Waals surface area contributed by atoms with E-state index >= 15 is 0 Å². The molecule has 0 fully saturated rings. The fourth-order valence-electron chi connectivity index (χ4n) is 2.66.